The normalized spacial score (nSPS) is 11.5. The molecule has 12 aromatic rings. The van der Waals surface area contributed by atoms with Crippen LogP contribution in [0.2, 0.25) is 0 Å². The van der Waals surface area contributed by atoms with Gasteiger partial charge in [-0.15, -0.1) is 0 Å². The van der Waals surface area contributed by atoms with Crippen molar-refractivity contribution in [3.8, 4) is 44.8 Å². The predicted octanol–water partition coefficient (Wildman–Crippen LogP) is 16.4. The van der Waals surface area contributed by atoms with E-state index in [1.807, 2.05) is 0 Å². The summed E-state index contributed by atoms with van der Waals surface area (Å²) in [6.45, 7) is 0. The van der Waals surface area contributed by atoms with Gasteiger partial charge in [0.15, 0.2) is 0 Å². The van der Waals surface area contributed by atoms with Gasteiger partial charge in [0.2, 0.25) is 0 Å². The van der Waals surface area contributed by atoms with Crippen molar-refractivity contribution in [2.75, 3.05) is 4.90 Å². The molecule has 0 saturated heterocycles. The molecule has 3 nitrogen and oxygen atoms in total. The van der Waals surface area contributed by atoms with Crippen LogP contribution >= 0.6 is 0 Å². The van der Waals surface area contributed by atoms with Crippen LogP contribution < -0.4 is 4.90 Å². The number of hydrogen-bond donors (Lipinski definition) is 0. The first-order valence-electron chi connectivity index (χ1n) is 21.6. The Morgan fingerprint density at radius 1 is 0.222 bits per heavy atom. The van der Waals surface area contributed by atoms with Crippen molar-refractivity contribution in [1.29, 1.82) is 0 Å². The third-order valence-electron chi connectivity index (χ3n) is 12.5. The smallest absolute Gasteiger partial charge is 0.0541 e. The van der Waals surface area contributed by atoms with Crippen LogP contribution in [0.3, 0.4) is 0 Å². The van der Waals surface area contributed by atoms with E-state index in [4.69, 9.17) is 0 Å². The molecule has 12 rings (SSSR count). The molecule has 296 valence electrons. The molecule has 3 heteroatoms. The zero-order chi connectivity index (χ0) is 41.7. The summed E-state index contributed by atoms with van der Waals surface area (Å²) in [6.07, 6.45) is 0. The van der Waals surface area contributed by atoms with Crippen LogP contribution in [0.5, 0.6) is 0 Å². The molecule has 10 aromatic carbocycles. The number of hydrogen-bond acceptors (Lipinski definition) is 1. The van der Waals surface area contributed by atoms with E-state index in [9.17, 15) is 0 Å². The van der Waals surface area contributed by atoms with Gasteiger partial charge in [0, 0.05) is 50.0 Å². The van der Waals surface area contributed by atoms with E-state index in [1.165, 1.54) is 77.0 Å². The van der Waals surface area contributed by atoms with Crippen LogP contribution in [-0.2, 0) is 0 Å². The maximum Gasteiger partial charge on any atom is 0.0541 e. The number of nitrogens with zero attached hydrogens (tertiary/aromatic N) is 3. The SMILES string of the molecule is c1ccc(-c2ccc(-n3c4ccccc4c4cc(-c5ccc6c(c5)c5cc(-c7ccc(N(c8ccccc8)c8ccccc8)cc7)ccc5n6-c5ccccc5)ccc43)cc2)cc1. The molecule has 0 radical (unpaired) electrons. The Bertz CT molecular complexity index is 3530. The molecule has 0 aliphatic carbocycles. The molecule has 0 amide bonds. The van der Waals surface area contributed by atoms with Crippen LogP contribution in [-0.4, -0.2) is 9.13 Å². The Balaban J connectivity index is 0.964. The standard InChI is InChI=1S/C60H41N3/c1-5-15-42(16-6-1)43-25-34-52(35-26-43)63-57-24-14-13-23-53(57)54-40-46(30-37-58(54)63)47-31-38-60-56(41-47)55-39-45(29-36-59(55)62(60)50-21-11-4-12-22-50)44-27-32-51(33-28-44)61(48-17-7-2-8-18-48)49-19-9-3-10-20-49/h1-41H. The highest BCUT2D eigenvalue weighted by Crippen LogP contribution is 2.41. The molecule has 2 heterocycles. The number of benzene rings is 10. The molecule has 0 atom stereocenters. The monoisotopic (exact) mass is 803 g/mol. The summed E-state index contributed by atoms with van der Waals surface area (Å²) in [5.41, 5.74) is 17.6. The summed E-state index contributed by atoms with van der Waals surface area (Å²) in [7, 11) is 0. The molecule has 0 bridgehead atoms. The maximum absolute atomic E-state index is 2.40. The topological polar surface area (TPSA) is 13.1 Å². The second-order valence-electron chi connectivity index (χ2n) is 16.2. The molecule has 0 fully saturated rings. The van der Waals surface area contributed by atoms with E-state index < -0.39 is 0 Å². The van der Waals surface area contributed by atoms with E-state index in [1.54, 1.807) is 0 Å². The Labute approximate surface area is 366 Å². The highest BCUT2D eigenvalue weighted by Gasteiger charge is 2.18. The Kier molecular flexibility index (Phi) is 8.83. The van der Waals surface area contributed by atoms with Crippen molar-refractivity contribution in [1.82, 2.24) is 9.13 Å². The van der Waals surface area contributed by atoms with E-state index in [0.29, 0.717) is 0 Å². The van der Waals surface area contributed by atoms with Crippen LogP contribution in [0.1, 0.15) is 0 Å². The van der Waals surface area contributed by atoms with Crippen molar-refractivity contribution in [3.05, 3.63) is 249 Å². The lowest BCUT2D eigenvalue weighted by Crippen LogP contribution is -2.09. The minimum absolute atomic E-state index is 1.11. The minimum atomic E-state index is 1.11. The first-order chi connectivity index (χ1) is 31.2. The number of rotatable bonds is 8. The highest BCUT2D eigenvalue weighted by atomic mass is 15.1. The minimum Gasteiger partial charge on any atom is -0.311 e. The van der Waals surface area contributed by atoms with Gasteiger partial charge < -0.3 is 14.0 Å². The molecule has 63 heavy (non-hydrogen) atoms. The van der Waals surface area contributed by atoms with Crippen molar-refractivity contribution >= 4 is 60.7 Å². The first kappa shape index (κ1) is 36.5. The summed E-state index contributed by atoms with van der Waals surface area (Å²) >= 11 is 0. The first-order valence-corrected chi connectivity index (χ1v) is 21.6. The second kappa shape index (κ2) is 15.3. The van der Waals surface area contributed by atoms with Gasteiger partial charge >= 0.3 is 0 Å². The lowest BCUT2D eigenvalue weighted by Gasteiger charge is -2.25. The number of aromatic nitrogens is 2. The zero-order valence-electron chi connectivity index (χ0n) is 34.5. The van der Waals surface area contributed by atoms with Gasteiger partial charge in [0.25, 0.3) is 0 Å². The van der Waals surface area contributed by atoms with Gasteiger partial charge in [-0.05, 0) is 137 Å². The molecule has 2 aromatic heterocycles. The summed E-state index contributed by atoms with van der Waals surface area (Å²) in [6, 6.07) is 90.0. The number of para-hydroxylation sites is 4. The Morgan fingerprint density at radius 2 is 0.556 bits per heavy atom. The van der Waals surface area contributed by atoms with Gasteiger partial charge in [-0.1, -0.05) is 146 Å². The Hall–Kier alpha value is -8.40. The van der Waals surface area contributed by atoms with Crippen LogP contribution in [0.4, 0.5) is 17.1 Å². The van der Waals surface area contributed by atoms with Crippen molar-refractivity contribution in [2.45, 2.75) is 0 Å². The van der Waals surface area contributed by atoms with Gasteiger partial charge in [-0.2, -0.15) is 0 Å². The molecule has 0 N–H and O–H groups in total. The highest BCUT2D eigenvalue weighted by molar-refractivity contribution is 6.13. The summed E-state index contributed by atoms with van der Waals surface area (Å²) < 4.78 is 4.80. The number of fused-ring (bicyclic) bond motifs is 6. The molecular formula is C60H41N3. The molecular weight excluding hydrogens is 763 g/mol. The van der Waals surface area contributed by atoms with Crippen molar-refractivity contribution < 1.29 is 0 Å². The third kappa shape index (κ3) is 6.38. The van der Waals surface area contributed by atoms with Crippen LogP contribution in [0.25, 0.3) is 88.4 Å². The summed E-state index contributed by atoms with van der Waals surface area (Å²) in [5.74, 6) is 0. The van der Waals surface area contributed by atoms with Crippen LogP contribution in [0, 0.1) is 0 Å². The summed E-state index contributed by atoms with van der Waals surface area (Å²) in [4.78, 5) is 2.31. The maximum atomic E-state index is 2.40. The average molecular weight is 804 g/mol. The molecule has 0 aliphatic rings. The largest absolute Gasteiger partial charge is 0.311 e. The predicted molar refractivity (Wildman–Crippen MR) is 266 cm³/mol. The fourth-order valence-electron chi connectivity index (χ4n) is 9.51. The Morgan fingerprint density at radius 3 is 1.10 bits per heavy atom. The van der Waals surface area contributed by atoms with Crippen molar-refractivity contribution in [2.24, 2.45) is 0 Å². The lowest BCUT2D eigenvalue weighted by atomic mass is 9.99. The third-order valence-corrected chi connectivity index (χ3v) is 12.5. The van der Waals surface area contributed by atoms with Crippen LogP contribution in [0.15, 0.2) is 249 Å². The fraction of sp³-hybridized carbons (Fsp3) is 0. The molecule has 0 spiro atoms. The zero-order valence-corrected chi connectivity index (χ0v) is 34.5. The summed E-state index contributed by atoms with van der Waals surface area (Å²) in [5, 5.41) is 4.94. The van der Waals surface area contributed by atoms with Gasteiger partial charge in [-0.25, -0.2) is 0 Å². The average Bonchev–Trinajstić information content (AvgIpc) is 3.87. The molecule has 0 saturated carbocycles. The number of anilines is 3. The quantitative estimate of drug-likeness (QED) is 0.149. The van der Waals surface area contributed by atoms with Gasteiger partial charge in [0.1, 0.15) is 0 Å². The fourth-order valence-corrected chi connectivity index (χ4v) is 9.51. The van der Waals surface area contributed by atoms with E-state index >= 15 is 0 Å². The van der Waals surface area contributed by atoms with E-state index in [-0.39, 0.29) is 0 Å². The van der Waals surface area contributed by atoms with Gasteiger partial charge in [0.05, 0.1) is 22.1 Å². The molecule has 0 aliphatic heterocycles. The van der Waals surface area contributed by atoms with Crippen molar-refractivity contribution in [3.63, 3.8) is 0 Å². The van der Waals surface area contributed by atoms with Gasteiger partial charge in [-0.3, -0.25) is 0 Å². The lowest BCUT2D eigenvalue weighted by molar-refractivity contribution is 1.18. The molecule has 0 unspecified atom stereocenters. The second-order valence-corrected chi connectivity index (χ2v) is 16.2. The van der Waals surface area contributed by atoms with E-state index in [0.717, 1.165) is 28.4 Å². The van der Waals surface area contributed by atoms with E-state index in [2.05, 4.69) is 263 Å².